The quantitative estimate of drug-likeness (QED) is 0.140. The van der Waals surface area contributed by atoms with Crippen LogP contribution in [0.25, 0.3) is 0 Å². The number of aromatic nitrogens is 3. The van der Waals surface area contributed by atoms with Gasteiger partial charge in [-0.05, 0) is 85.2 Å². The van der Waals surface area contributed by atoms with Gasteiger partial charge in [0, 0.05) is 42.6 Å². The van der Waals surface area contributed by atoms with Crippen molar-refractivity contribution in [2.24, 2.45) is 5.92 Å². The van der Waals surface area contributed by atoms with Crippen molar-refractivity contribution in [1.82, 2.24) is 19.9 Å². The first-order valence-corrected chi connectivity index (χ1v) is 16.8. The van der Waals surface area contributed by atoms with Gasteiger partial charge in [-0.3, -0.25) is 24.2 Å². The van der Waals surface area contributed by atoms with Gasteiger partial charge in [-0.15, -0.1) is 0 Å². The van der Waals surface area contributed by atoms with E-state index in [1.165, 1.54) is 6.20 Å². The molecule has 12 nitrogen and oxygen atoms in total. The van der Waals surface area contributed by atoms with Crippen molar-refractivity contribution in [3.05, 3.63) is 94.4 Å². The predicted molar refractivity (Wildman–Crippen MR) is 187 cm³/mol. The van der Waals surface area contributed by atoms with Crippen molar-refractivity contribution >= 4 is 63.8 Å². The Morgan fingerprint density at radius 1 is 0.891 bits per heavy atom. The van der Waals surface area contributed by atoms with Crippen LogP contribution in [0.15, 0.2) is 67.1 Å². The first-order chi connectivity index (χ1) is 26.0. The van der Waals surface area contributed by atoms with Gasteiger partial charge in [0.2, 0.25) is 11.9 Å². The zero-order chi connectivity index (χ0) is 39.9. The molecule has 2 aromatic heterocycles. The first-order valence-electron chi connectivity index (χ1n) is 16.5. The Morgan fingerprint density at radius 2 is 1.60 bits per heavy atom. The monoisotopic (exact) mass is 786 g/mol. The van der Waals surface area contributed by atoms with E-state index in [0.29, 0.717) is 53.8 Å². The van der Waals surface area contributed by atoms with Gasteiger partial charge in [-0.1, -0.05) is 17.7 Å². The number of amides is 2. The number of nitrogens with zero attached hydrogens (tertiary/aromatic N) is 5. The average molecular weight is 787 g/mol. The molecule has 6 rings (SSSR count). The number of carbonyl (C=O) groups excluding carboxylic acids is 4. The summed E-state index contributed by atoms with van der Waals surface area (Å²) in [7, 11) is 0. The second-order valence-corrected chi connectivity index (χ2v) is 12.8. The molecule has 4 heterocycles. The molecule has 286 valence electrons. The van der Waals surface area contributed by atoms with Gasteiger partial charge in [-0.25, -0.2) is 4.98 Å². The van der Waals surface area contributed by atoms with E-state index in [4.69, 9.17) is 16.9 Å². The SMILES string of the molecule is N#Cc1cccc(C(=O)N2CCC(CC(=O)Nc3ccc4cc3CCc3cncc(c3)Nc3ncc(Cl)c(n3)N4)CC2)c1.O=C(C(=O)C(F)(F)F)C(F)(F)F. The first kappa shape index (κ1) is 40.1. The van der Waals surface area contributed by atoms with E-state index in [2.05, 4.69) is 37.0 Å². The van der Waals surface area contributed by atoms with Crippen LogP contribution in [-0.2, 0) is 27.2 Å². The molecule has 6 bridgehead atoms. The van der Waals surface area contributed by atoms with E-state index in [1.807, 2.05) is 30.5 Å². The highest BCUT2D eigenvalue weighted by molar-refractivity contribution is 6.41. The minimum Gasteiger partial charge on any atom is -0.339 e. The topological polar surface area (TPSA) is 170 Å². The standard InChI is InChI=1S/C32H29ClN8O2.C4F6O2/c33-27-19-36-32-38-26-13-22(17-35-18-26)4-5-23-15-25(37-30(27)40-32)6-7-28(23)39-29(42)14-20-8-10-41(11-9-20)31(43)24-3-1-2-21(12-24)16-34;5-3(6,7)1(11)2(12)4(8,9)10/h1-3,6-7,12-13,15,17-20H,4-5,8-11,14H2,(H,39,42)(H2,36,37,38,40);. The minimum atomic E-state index is -5.77. The van der Waals surface area contributed by atoms with Crippen molar-refractivity contribution < 1.29 is 45.5 Å². The summed E-state index contributed by atoms with van der Waals surface area (Å²) >= 11 is 6.38. The lowest BCUT2D eigenvalue weighted by atomic mass is 9.92. The third kappa shape index (κ3) is 10.8. The molecule has 1 fully saturated rings. The van der Waals surface area contributed by atoms with Gasteiger partial charge in [0.1, 0.15) is 5.02 Å². The largest absolute Gasteiger partial charge is 0.458 e. The van der Waals surface area contributed by atoms with Crippen LogP contribution in [0.1, 0.15) is 46.3 Å². The van der Waals surface area contributed by atoms with Crippen LogP contribution < -0.4 is 16.0 Å². The Bertz CT molecular complexity index is 2130. The summed E-state index contributed by atoms with van der Waals surface area (Å²) in [5.74, 6) is -5.90. The number of nitriles is 1. The second kappa shape index (κ2) is 16.9. The number of rotatable bonds is 5. The number of fused-ring (bicyclic) bond motifs is 6. The van der Waals surface area contributed by atoms with Gasteiger partial charge in [-0.2, -0.15) is 36.6 Å². The Kier molecular flexibility index (Phi) is 12.3. The van der Waals surface area contributed by atoms with Crippen molar-refractivity contribution in [1.29, 1.82) is 5.26 Å². The minimum absolute atomic E-state index is 0.0530. The number of hydrogen-bond acceptors (Lipinski definition) is 10. The number of nitrogens with one attached hydrogen (secondary N) is 3. The maximum absolute atomic E-state index is 13.2. The zero-order valence-corrected chi connectivity index (χ0v) is 29.1. The number of Topliss-reactive ketones (excluding diaryl/α,β-unsaturated/α-hetero) is 2. The normalized spacial score (nSPS) is 14.2. The highest BCUT2D eigenvalue weighted by Crippen LogP contribution is 2.30. The number of pyridine rings is 1. The lowest BCUT2D eigenvalue weighted by Gasteiger charge is -2.32. The highest BCUT2D eigenvalue weighted by atomic mass is 35.5. The average Bonchev–Trinajstić information content (AvgIpc) is 3.15. The number of piperidine rings is 1. The summed E-state index contributed by atoms with van der Waals surface area (Å²) in [5.41, 5.74) is 5.31. The van der Waals surface area contributed by atoms with Crippen LogP contribution in [0, 0.1) is 17.2 Å². The van der Waals surface area contributed by atoms with Gasteiger partial charge < -0.3 is 20.9 Å². The molecule has 0 aliphatic carbocycles. The Morgan fingerprint density at radius 3 is 2.27 bits per heavy atom. The lowest BCUT2D eigenvalue weighted by Crippen LogP contribution is -2.39. The number of ketones is 2. The molecular formula is C36H29ClF6N8O4. The molecule has 2 aliphatic rings. The maximum atomic E-state index is 13.2. The summed E-state index contributed by atoms with van der Waals surface area (Å²) < 4.78 is 67.0. The molecular weight excluding hydrogens is 758 g/mol. The van der Waals surface area contributed by atoms with E-state index < -0.39 is 23.9 Å². The number of alkyl halides is 6. The summed E-state index contributed by atoms with van der Waals surface area (Å²) in [6.45, 7) is 1.16. The number of likely N-dealkylation sites (tertiary alicyclic amines) is 1. The fourth-order valence-corrected chi connectivity index (χ4v) is 5.86. The fourth-order valence-electron chi connectivity index (χ4n) is 5.72. The summed E-state index contributed by atoms with van der Waals surface area (Å²) in [6.07, 6.45) is -3.20. The smallest absolute Gasteiger partial charge is 0.339 e. The van der Waals surface area contributed by atoms with E-state index >= 15 is 0 Å². The molecule has 19 heteroatoms. The lowest BCUT2D eigenvalue weighted by molar-refractivity contribution is -0.193. The second-order valence-electron chi connectivity index (χ2n) is 12.4. The Hall–Kier alpha value is -6.09. The molecule has 2 amide bonds. The van der Waals surface area contributed by atoms with Crippen molar-refractivity contribution in [3.63, 3.8) is 0 Å². The molecule has 0 saturated carbocycles. The highest BCUT2D eigenvalue weighted by Gasteiger charge is 2.54. The van der Waals surface area contributed by atoms with Gasteiger partial charge in [0.15, 0.2) is 5.82 Å². The molecule has 0 atom stereocenters. The third-order valence-electron chi connectivity index (χ3n) is 8.46. The fraction of sp³-hybridized carbons (Fsp3) is 0.278. The van der Waals surface area contributed by atoms with Gasteiger partial charge in [0.25, 0.3) is 5.91 Å². The van der Waals surface area contributed by atoms with Crippen molar-refractivity contribution in [2.75, 3.05) is 29.0 Å². The van der Waals surface area contributed by atoms with Gasteiger partial charge >= 0.3 is 23.9 Å². The molecule has 4 aromatic rings. The maximum Gasteiger partial charge on any atom is 0.458 e. The van der Waals surface area contributed by atoms with Gasteiger partial charge in [0.05, 0.1) is 29.7 Å². The Labute approximate surface area is 313 Å². The van der Waals surface area contributed by atoms with Crippen LogP contribution >= 0.6 is 11.6 Å². The number of carbonyl (C=O) groups is 4. The van der Waals surface area contributed by atoms with Crippen molar-refractivity contribution in [3.8, 4) is 6.07 Å². The predicted octanol–water partition coefficient (Wildman–Crippen LogP) is 7.11. The molecule has 2 aromatic carbocycles. The molecule has 55 heavy (non-hydrogen) atoms. The third-order valence-corrected chi connectivity index (χ3v) is 8.73. The van der Waals surface area contributed by atoms with Crippen LogP contribution in [-0.4, -0.2) is 68.7 Å². The van der Waals surface area contributed by atoms with E-state index in [0.717, 1.165) is 47.5 Å². The van der Waals surface area contributed by atoms with E-state index in [-0.39, 0.29) is 17.7 Å². The Balaban J connectivity index is 0.000000418. The van der Waals surface area contributed by atoms with E-state index in [9.17, 15) is 45.5 Å². The molecule has 0 spiro atoms. The number of aryl methyl sites for hydroxylation is 2. The number of benzene rings is 2. The number of hydrogen-bond donors (Lipinski definition) is 3. The van der Waals surface area contributed by atoms with Crippen LogP contribution in [0.4, 0.5) is 55.2 Å². The zero-order valence-electron chi connectivity index (χ0n) is 28.4. The molecule has 0 radical (unpaired) electrons. The van der Waals surface area contributed by atoms with E-state index in [1.54, 1.807) is 35.4 Å². The number of halogens is 7. The van der Waals surface area contributed by atoms with Crippen LogP contribution in [0.3, 0.4) is 0 Å². The molecule has 1 saturated heterocycles. The summed E-state index contributed by atoms with van der Waals surface area (Å²) in [6, 6.07) is 16.6. The van der Waals surface area contributed by atoms with Crippen LogP contribution in [0.2, 0.25) is 5.02 Å². The summed E-state index contributed by atoms with van der Waals surface area (Å²) in [4.78, 5) is 60.3. The van der Waals surface area contributed by atoms with Crippen LogP contribution in [0.5, 0.6) is 0 Å². The van der Waals surface area contributed by atoms with Crippen molar-refractivity contribution in [2.45, 2.75) is 44.5 Å². The molecule has 3 N–H and O–H groups in total. The number of anilines is 5. The molecule has 2 aliphatic heterocycles. The summed E-state index contributed by atoms with van der Waals surface area (Å²) in [5, 5.41) is 19.1. The molecule has 0 unspecified atom stereocenters.